The number of rotatable bonds is 5. The van der Waals surface area contributed by atoms with E-state index in [1.54, 1.807) is 0 Å². The minimum Gasteiger partial charge on any atom is -0.321 e. The molecular formula is C23H26N4O2S. The fourth-order valence-electron chi connectivity index (χ4n) is 3.65. The number of carbonyl (C=O) groups is 2. The molecule has 0 unspecified atom stereocenters. The molecule has 2 aliphatic heterocycles. The van der Waals surface area contributed by atoms with Crippen molar-refractivity contribution in [2.24, 2.45) is 5.10 Å². The fourth-order valence-corrected chi connectivity index (χ4v) is 4.63. The van der Waals surface area contributed by atoms with Crippen LogP contribution in [0.5, 0.6) is 0 Å². The molecule has 156 valence electrons. The van der Waals surface area contributed by atoms with Crippen molar-refractivity contribution in [2.45, 2.75) is 26.3 Å². The number of hydrazone groups is 1. The van der Waals surface area contributed by atoms with Gasteiger partial charge in [0.05, 0.1) is 5.69 Å². The summed E-state index contributed by atoms with van der Waals surface area (Å²) in [5, 5.41) is 8.77. The summed E-state index contributed by atoms with van der Waals surface area (Å²) >= 11 is 1.98. The van der Waals surface area contributed by atoms with E-state index in [4.69, 9.17) is 0 Å². The Kier molecular flexibility index (Phi) is 6.50. The number of nitrogens with zero attached hydrogens (tertiary/aromatic N) is 3. The van der Waals surface area contributed by atoms with Crippen molar-refractivity contribution in [2.75, 3.05) is 34.9 Å². The van der Waals surface area contributed by atoms with Gasteiger partial charge in [0, 0.05) is 49.7 Å². The van der Waals surface area contributed by atoms with E-state index in [1.807, 2.05) is 61.2 Å². The largest absolute Gasteiger partial charge is 0.321 e. The Hall–Kier alpha value is -2.64. The van der Waals surface area contributed by atoms with Crippen molar-refractivity contribution >= 4 is 40.7 Å². The van der Waals surface area contributed by atoms with Crippen LogP contribution in [0.4, 0.5) is 11.4 Å². The maximum Gasteiger partial charge on any atom is 0.271 e. The molecule has 2 heterocycles. The van der Waals surface area contributed by atoms with Crippen LogP contribution in [0.15, 0.2) is 53.6 Å². The van der Waals surface area contributed by atoms with Crippen molar-refractivity contribution in [1.82, 2.24) is 4.90 Å². The summed E-state index contributed by atoms with van der Waals surface area (Å²) in [4.78, 5) is 27.8. The fraction of sp³-hybridized carbons (Fsp3) is 0.348. The average molecular weight is 423 g/mol. The molecule has 0 bridgehead atoms. The van der Waals surface area contributed by atoms with Gasteiger partial charge in [-0.3, -0.25) is 14.5 Å². The Labute approximate surface area is 181 Å². The smallest absolute Gasteiger partial charge is 0.271 e. The van der Waals surface area contributed by atoms with E-state index in [0.29, 0.717) is 17.8 Å². The van der Waals surface area contributed by atoms with E-state index in [1.165, 1.54) is 5.01 Å². The molecule has 2 amide bonds. The number of hydrogen-bond acceptors (Lipinski definition) is 5. The van der Waals surface area contributed by atoms with Crippen molar-refractivity contribution in [3.63, 3.8) is 0 Å². The van der Waals surface area contributed by atoms with Crippen LogP contribution >= 0.6 is 11.8 Å². The van der Waals surface area contributed by atoms with Crippen molar-refractivity contribution in [1.29, 1.82) is 0 Å². The molecule has 2 aromatic carbocycles. The lowest BCUT2D eigenvalue weighted by molar-refractivity contribution is -0.118. The Morgan fingerprint density at radius 2 is 1.90 bits per heavy atom. The van der Waals surface area contributed by atoms with Crippen molar-refractivity contribution < 1.29 is 9.59 Å². The molecule has 4 rings (SSSR count). The number of thioether (sulfide) groups is 1. The first-order valence-electron chi connectivity index (χ1n) is 10.3. The second kappa shape index (κ2) is 9.45. The van der Waals surface area contributed by atoms with Gasteiger partial charge in [0.15, 0.2) is 0 Å². The Morgan fingerprint density at radius 1 is 1.10 bits per heavy atom. The molecule has 1 fully saturated rings. The Bertz CT molecular complexity index is 969. The summed E-state index contributed by atoms with van der Waals surface area (Å²) in [6.45, 7) is 4.91. The van der Waals surface area contributed by atoms with Gasteiger partial charge in [-0.05, 0) is 36.2 Å². The molecule has 2 aliphatic rings. The van der Waals surface area contributed by atoms with Crippen molar-refractivity contribution in [3.05, 3.63) is 59.7 Å². The third-order valence-corrected chi connectivity index (χ3v) is 6.25. The van der Waals surface area contributed by atoms with E-state index in [0.717, 1.165) is 48.0 Å². The van der Waals surface area contributed by atoms with Gasteiger partial charge in [0.25, 0.3) is 5.91 Å². The molecule has 0 atom stereocenters. The Balaban J connectivity index is 1.51. The first kappa shape index (κ1) is 20.6. The standard InChI is InChI=1S/C23H26N4O2S/c1-17-5-4-7-19(15-17)27-22(28)10-9-21(25-27)23(29)24-20-8-3-2-6-18(20)16-26-11-13-30-14-12-26/h2-8,15H,9-14,16H2,1H3,(H,24,29). The SMILES string of the molecule is Cc1cccc(N2N=C(C(=O)Nc3ccccc3CN3CCSCC3)CCC2=O)c1. The maximum atomic E-state index is 13.0. The van der Waals surface area contributed by atoms with Crippen LogP contribution in [0.2, 0.25) is 0 Å². The lowest BCUT2D eigenvalue weighted by Crippen LogP contribution is -2.36. The van der Waals surface area contributed by atoms with Gasteiger partial charge in [-0.15, -0.1) is 0 Å². The molecule has 0 radical (unpaired) electrons. The van der Waals surface area contributed by atoms with Gasteiger partial charge in [0.2, 0.25) is 5.91 Å². The van der Waals surface area contributed by atoms with E-state index >= 15 is 0 Å². The molecule has 1 saturated heterocycles. The molecular weight excluding hydrogens is 396 g/mol. The van der Waals surface area contributed by atoms with E-state index in [2.05, 4.69) is 21.4 Å². The second-order valence-electron chi connectivity index (χ2n) is 7.59. The number of nitrogens with one attached hydrogen (secondary N) is 1. The van der Waals surface area contributed by atoms with Gasteiger partial charge in [0.1, 0.15) is 5.71 Å². The van der Waals surface area contributed by atoms with Gasteiger partial charge < -0.3 is 5.32 Å². The molecule has 0 aromatic heterocycles. The highest BCUT2D eigenvalue weighted by Crippen LogP contribution is 2.23. The molecule has 6 nitrogen and oxygen atoms in total. The maximum absolute atomic E-state index is 13.0. The van der Waals surface area contributed by atoms with Gasteiger partial charge in [-0.1, -0.05) is 30.3 Å². The van der Waals surface area contributed by atoms with Gasteiger partial charge in [-0.25, -0.2) is 5.01 Å². The van der Waals surface area contributed by atoms with Crippen LogP contribution in [-0.4, -0.2) is 47.0 Å². The molecule has 2 aromatic rings. The van der Waals surface area contributed by atoms with Gasteiger partial charge in [-0.2, -0.15) is 16.9 Å². The summed E-state index contributed by atoms with van der Waals surface area (Å²) in [7, 11) is 0. The lowest BCUT2D eigenvalue weighted by atomic mass is 10.1. The minimum atomic E-state index is -0.248. The van der Waals surface area contributed by atoms with E-state index < -0.39 is 0 Å². The number of para-hydroxylation sites is 1. The molecule has 0 saturated carbocycles. The number of hydrogen-bond donors (Lipinski definition) is 1. The number of amides is 2. The highest BCUT2D eigenvalue weighted by molar-refractivity contribution is 7.99. The van der Waals surface area contributed by atoms with Crippen LogP contribution in [0.25, 0.3) is 0 Å². The zero-order valence-corrected chi connectivity index (χ0v) is 18.0. The summed E-state index contributed by atoms with van der Waals surface area (Å²) in [6.07, 6.45) is 0.617. The van der Waals surface area contributed by atoms with Crippen LogP contribution in [0, 0.1) is 6.92 Å². The van der Waals surface area contributed by atoms with Crippen molar-refractivity contribution in [3.8, 4) is 0 Å². The molecule has 30 heavy (non-hydrogen) atoms. The van der Waals surface area contributed by atoms with E-state index in [9.17, 15) is 9.59 Å². The number of aryl methyl sites for hydroxylation is 1. The zero-order chi connectivity index (χ0) is 20.9. The quantitative estimate of drug-likeness (QED) is 0.799. The second-order valence-corrected chi connectivity index (χ2v) is 8.82. The summed E-state index contributed by atoms with van der Waals surface area (Å²) < 4.78 is 0. The summed E-state index contributed by atoms with van der Waals surface area (Å²) in [6, 6.07) is 15.5. The first-order valence-corrected chi connectivity index (χ1v) is 11.4. The zero-order valence-electron chi connectivity index (χ0n) is 17.1. The molecule has 0 spiro atoms. The number of anilines is 2. The first-order chi connectivity index (χ1) is 14.6. The van der Waals surface area contributed by atoms with E-state index in [-0.39, 0.29) is 18.2 Å². The highest BCUT2D eigenvalue weighted by atomic mass is 32.2. The normalized spacial score (nSPS) is 17.6. The van der Waals surface area contributed by atoms with Gasteiger partial charge >= 0.3 is 0 Å². The Morgan fingerprint density at radius 3 is 2.70 bits per heavy atom. The van der Waals surface area contributed by atoms with Crippen LogP contribution in [0.1, 0.15) is 24.0 Å². The average Bonchev–Trinajstić information content (AvgIpc) is 2.76. The number of carbonyl (C=O) groups excluding carboxylic acids is 2. The highest BCUT2D eigenvalue weighted by Gasteiger charge is 2.26. The van der Waals surface area contributed by atoms with Crippen LogP contribution in [-0.2, 0) is 16.1 Å². The molecule has 1 N–H and O–H groups in total. The summed E-state index contributed by atoms with van der Waals surface area (Å²) in [5.74, 6) is 1.95. The predicted octanol–water partition coefficient (Wildman–Crippen LogP) is 3.67. The minimum absolute atomic E-state index is 0.0967. The lowest BCUT2D eigenvalue weighted by Gasteiger charge is -2.27. The molecule has 0 aliphatic carbocycles. The predicted molar refractivity (Wildman–Crippen MR) is 123 cm³/mol. The van der Waals surface area contributed by atoms with Crippen LogP contribution < -0.4 is 10.3 Å². The monoisotopic (exact) mass is 422 g/mol. The third kappa shape index (κ3) is 4.91. The summed E-state index contributed by atoms with van der Waals surface area (Å²) in [5.41, 5.74) is 4.01. The molecule has 7 heteroatoms. The third-order valence-electron chi connectivity index (χ3n) is 5.30. The topological polar surface area (TPSA) is 65.0 Å². The number of benzene rings is 2. The van der Waals surface area contributed by atoms with Crippen LogP contribution in [0.3, 0.4) is 0 Å².